The minimum absolute atomic E-state index is 0.0985. The molecule has 4 rings (SSSR count). The Kier molecular flexibility index (Phi) is 7.51. The lowest BCUT2D eigenvalue weighted by molar-refractivity contribution is -0.113. The molecular formula is C27H29N5O2S. The molecule has 0 aliphatic heterocycles. The van der Waals surface area contributed by atoms with E-state index in [1.807, 2.05) is 99.1 Å². The monoisotopic (exact) mass is 487 g/mol. The van der Waals surface area contributed by atoms with Crippen LogP contribution in [0, 0.1) is 12.8 Å². The van der Waals surface area contributed by atoms with Gasteiger partial charge in [-0.1, -0.05) is 73.6 Å². The average molecular weight is 488 g/mol. The summed E-state index contributed by atoms with van der Waals surface area (Å²) in [7, 11) is 1.85. The third kappa shape index (κ3) is 5.89. The van der Waals surface area contributed by atoms with Gasteiger partial charge in [0.1, 0.15) is 0 Å². The van der Waals surface area contributed by atoms with Gasteiger partial charge in [0, 0.05) is 18.3 Å². The van der Waals surface area contributed by atoms with Crippen LogP contribution in [0.3, 0.4) is 0 Å². The molecule has 0 bridgehead atoms. The Labute approximate surface area is 209 Å². The lowest BCUT2D eigenvalue weighted by Crippen LogP contribution is -2.33. The molecule has 1 heterocycles. The van der Waals surface area contributed by atoms with E-state index >= 15 is 0 Å². The number of nitrogens with zero attached hydrogens (tertiary/aromatic N) is 3. The summed E-state index contributed by atoms with van der Waals surface area (Å²) < 4.78 is 1.84. The summed E-state index contributed by atoms with van der Waals surface area (Å²) in [6.45, 7) is 6.04. The maximum Gasteiger partial charge on any atom is 0.251 e. The van der Waals surface area contributed by atoms with Crippen LogP contribution in [0.5, 0.6) is 0 Å². The van der Waals surface area contributed by atoms with Crippen LogP contribution < -0.4 is 10.6 Å². The van der Waals surface area contributed by atoms with Crippen LogP contribution in [0.4, 0.5) is 5.69 Å². The van der Waals surface area contributed by atoms with Gasteiger partial charge in [-0.15, -0.1) is 10.2 Å². The first-order valence-corrected chi connectivity index (χ1v) is 12.5. The molecule has 2 N–H and O–H groups in total. The molecule has 0 unspecified atom stereocenters. The van der Waals surface area contributed by atoms with Crippen molar-refractivity contribution < 1.29 is 9.59 Å². The number of carbonyl (C=O) groups excluding carboxylic acids is 2. The highest BCUT2D eigenvalue weighted by molar-refractivity contribution is 7.99. The molecule has 1 atom stereocenters. The minimum Gasteiger partial charge on any atom is -0.342 e. The third-order valence-corrected chi connectivity index (χ3v) is 6.80. The molecule has 7 nitrogen and oxygen atoms in total. The van der Waals surface area contributed by atoms with E-state index in [0.29, 0.717) is 16.5 Å². The quantitative estimate of drug-likeness (QED) is 0.336. The van der Waals surface area contributed by atoms with Crippen molar-refractivity contribution in [3.05, 3.63) is 83.7 Å². The van der Waals surface area contributed by atoms with Crippen LogP contribution in [-0.4, -0.2) is 32.3 Å². The molecule has 0 saturated carbocycles. The van der Waals surface area contributed by atoms with Gasteiger partial charge in [-0.05, 0) is 47.9 Å². The molecule has 8 heteroatoms. The first-order valence-electron chi connectivity index (χ1n) is 11.5. The maximum absolute atomic E-state index is 12.8. The van der Waals surface area contributed by atoms with E-state index in [2.05, 4.69) is 20.8 Å². The van der Waals surface area contributed by atoms with Gasteiger partial charge < -0.3 is 15.2 Å². The maximum atomic E-state index is 12.8. The second kappa shape index (κ2) is 10.7. The zero-order valence-electron chi connectivity index (χ0n) is 20.3. The zero-order chi connectivity index (χ0) is 24.9. The number of thioether (sulfide) groups is 1. The summed E-state index contributed by atoms with van der Waals surface area (Å²) in [5, 5.41) is 17.5. The van der Waals surface area contributed by atoms with Crippen molar-refractivity contribution in [3.8, 4) is 0 Å². The molecule has 0 fully saturated rings. The predicted octanol–water partition coefficient (Wildman–Crippen LogP) is 5.13. The van der Waals surface area contributed by atoms with Crippen LogP contribution in [0.25, 0.3) is 10.8 Å². The fourth-order valence-corrected chi connectivity index (χ4v) is 4.49. The van der Waals surface area contributed by atoms with Gasteiger partial charge in [-0.2, -0.15) is 0 Å². The SMILES string of the molecule is Cc1ccc(C(=O)N[C@H](c2nnc(SCC(=O)Nc3ccc4ccccc4c3)n2C)C(C)C)cc1. The van der Waals surface area contributed by atoms with E-state index in [9.17, 15) is 9.59 Å². The molecule has 2 amide bonds. The number of fused-ring (bicyclic) bond motifs is 1. The first-order chi connectivity index (χ1) is 16.8. The average Bonchev–Trinajstić information content (AvgIpc) is 3.21. The molecule has 0 spiro atoms. The number of anilines is 1. The van der Waals surface area contributed by atoms with Gasteiger partial charge in [-0.25, -0.2) is 0 Å². The fourth-order valence-electron chi connectivity index (χ4n) is 3.78. The highest BCUT2D eigenvalue weighted by Crippen LogP contribution is 2.25. The standard InChI is InChI=1S/C27H29N5O2S/c1-17(2)24(29-26(34)20-11-9-18(3)10-12-20)25-30-31-27(32(25)4)35-16-23(33)28-22-14-13-19-7-5-6-8-21(19)15-22/h5-15,17,24H,16H2,1-4H3,(H,28,33)(H,29,34)/t24-/m0/s1. The number of hydrogen-bond donors (Lipinski definition) is 2. The number of aryl methyl sites for hydroxylation is 1. The number of rotatable bonds is 8. The molecule has 0 radical (unpaired) electrons. The lowest BCUT2D eigenvalue weighted by Gasteiger charge is -2.21. The van der Waals surface area contributed by atoms with Crippen LogP contribution in [0.15, 0.2) is 71.9 Å². The van der Waals surface area contributed by atoms with Crippen molar-refractivity contribution in [2.45, 2.75) is 32.0 Å². The number of nitrogens with one attached hydrogen (secondary N) is 2. The van der Waals surface area contributed by atoms with Crippen LogP contribution in [0.1, 0.15) is 41.6 Å². The van der Waals surface area contributed by atoms with E-state index in [-0.39, 0.29) is 29.5 Å². The molecule has 0 saturated heterocycles. The van der Waals surface area contributed by atoms with E-state index in [1.165, 1.54) is 11.8 Å². The second-order valence-corrected chi connectivity index (χ2v) is 9.80. The summed E-state index contributed by atoms with van der Waals surface area (Å²) in [5.41, 5.74) is 2.46. The minimum atomic E-state index is -0.318. The van der Waals surface area contributed by atoms with Crippen molar-refractivity contribution in [1.82, 2.24) is 20.1 Å². The molecule has 0 aliphatic rings. The number of amides is 2. The highest BCUT2D eigenvalue weighted by atomic mass is 32.2. The highest BCUT2D eigenvalue weighted by Gasteiger charge is 2.25. The van der Waals surface area contributed by atoms with Gasteiger partial charge >= 0.3 is 0 Å². The molecule has 4 aromatic rings. The summed E-state index contributed by atoms with van der Waals surface area (Å²) in [4.78, 5) is 25.4. The zero-order valence-corrected chi connectivity index (χ0v) is 21.1. The molecule has 3 aromatic carbocycles. The van der Waals surface area contributed by atoms with Gasteiger partial charge in [0.15, 0.2) is 11.0 Å². The van der Waals surface area contributed by atoms with E-state index < -0.39 is 0 Å². The fraction of sp³-hybridized carbons (Fsp3) is 0.259. The van der Waals surface area contributed by atoms with Crippen molar-refractivity contribution in [3.63, 3.8) is 0 Å². The Balaban J connectivity index is 1.40. The van der Waals surface area contributed by atoms with Gasteiger partial charge in [0.25, 0.3) is 5.91 Å². The summed E-state index contributed by atoms with van der Waals surface area (Å²) in [6.07, 6.45) is 0. The molecule has 1 aromatic heterocycles. The summed E-state index contributed by atoms with van der Waals surface area (Å²) in [6, 6.07) is 21.0. The Morgan fingerprint density at radius 1 is 0.971 bits per heavy atom. The normalized spacial score (nSPS) is 12.0. The first kappa shape index (κ1) is 24.5. The molecule has 35 heavy (non-hydrogen) atoms. The van der Waals surface area contributed by atoms with Crippen LogP contribution >= 0.6 is 11.8 Å². The second-order valence-electron chi connectivity index (χ2n) is 8.86. The number of carbonyl (C=O) groups is 2. The summed E-state index contributed by atoms with van der Waals surface area (Å²) >= 11 is 1.31. The van der Waals surface area contributed by atoms with E-state index in [0.717, 1.165) is 22.0 Å². The van der Waals surface area contributed by atoms with Crippen LogP contribution in [0.2, 0.25) is 0 Å². The molecule has 180 valence electrons. The van der Waals surface area contributed by atoms with Crippen molar-refractivity contribution in [2.24, 2.45) is 13.0 Å². The predicted molar refractivity (Wildman–Crippen MR) is 141 cm³/mol. The number of aromatic nitrogens is 3. The Bertz CT molecular complexity index is 1350. The summed E-state index contributed by atoms with van der Waals surface area (Å²) in [5.74, 6) is 0.666. The molecular weight excluding hydrogens is 458 g/mol. The van der Waals surface area contributed by atoms with Gasteiger partial charge in [-0.3, -0.25) is 9.59 Å². The van der Waals surface area contributed by atoms with E-state index in [1.54, 1.807) is 0 Å². The number of hydrogen-bond acceptors (Lipinski definition) is 5. The largest absolute Gasteiger partial charge is 0.342 e. The molecule has 0 aliphatic carbocycles. The van der Waals surface area contributed by atoms with Crippen molar-refractivity contribution in [2.75, 3.05) is 11.1 Å². The topological polar surface area (TPSA) is 88.9 Å². The number of benzene rings is 3. The third-order valence-electron chi connectivity index (χ3n) is 5.78. The van der Waals surface area contributed by atoms with Gasteiger partial charge in [0.05, 0.1) is 11.8 Å². The lowest BCUT2D eigenvalue weighted by atomic mass is 10.0. The van der Waals surface area contributed by atoms with E-state index in [4.69, 9.17) is 0 Å². The Morgan fingerprint density at radius 3 is 2.40 bits per heavy atom. The van der Waals surface area contributed by atoms with Crippen molar-refractivity contribution in [1.29, 1.82) is 0 Å². The van der Waals surface area contributed by atoms with Crippen molar-refractivity contribution >= 4 is 40.0 Å². The van der Waals surface area contributed by atoms with Gasteiger partial charge in [0.2, 0.25) is 5.91 Å². The smallest absolute Gasteiger partial charge is 0.251 e. The van der Waals surface area contributed by atoms with Crippen LogP contribution in [-0.2, 0) is 11.8 Å². The Hall–Kier alpha value is -3.65. The Morgan fingerprint density at radius 2 is 1.69 bits per heavy atom.